The van der Waals surface area contributed by atoms with Gasteiger partial charge in [-0.25, -0.2) is 0 Å². The molecule has 1 atom stereocenters. The van der Waals surface area contributed by atoms with Gasteiger partial charge in [0.1, 0.15) is 6.26 Å². The first-order valence-electron chi connectivity index (χ1n) is 6.37. The molecule has 0 spiro atoms. The van der Waals surface area contributed by atoms with Crippen LogP contribution in [0, 0.1) is 0 Å². The van der Waals surface area contributed by atoms with E-state index in [4.69, 9.17) is 0 Å². The van der Waals surface area contributed by atoms with Gasteiger partial charge in [-0.1, -0.05) is 5.16 Å². The quantitative estimate of drug-likeness (QED) is 0.682. The first kappa shape index (κ1) is 14.8. The van der Waals surface area contributed by atoms with E-state index in [-0.39, 0.29) is 12.4 Å². The number of aliphatic hydroxyl groups is 1. The van der Waals surface area contributed by atoms with Gasteiger partial charge in [0.15, 0.2) is 5.82 Å². The molecule has 0 saturated heterocycles. The van der Waals surface area contributed by atoms with Crippen molar-refractivity contribution in [2.24, 2.45) is 7.05 Å². The van der Waals surface area contributed by atoms with E-state index in [1.165, 1.54) is 12.3 Å². The lowest BCUT2D eigenvalue weighted by molar-refractivity contribution is -0.136. The predicted molar refractivity (Wildman–Crippen MR) is 73.1 cm³/mol. The minimum absolute atomic E-state index is 0.166. The molecule has 112 valence electrons. The van der Waals surface area contributed by atoms with E-state index < -0.39 is 17.9 Å². The number of aryl methyl sites for hydroxylation is 1. The van der Waals surface area contributed by atoms with Crippen LogP contribution in [0.25, 0.3) is 0 Å². The Morgan fingerprint density at radius 1 is 1.43 bits per heavy atom. The second kappa shape index (κ2) is 6.71. The van der Waals surface area contributed by atoms with Crippen LogP contribution in [0.15, 0.2) is 35.2 Å². The minimum atomic E-state index is -0.836. The van der Waals surface area contributed by atoms with Crippen molar-refractivity contribution in [2.45, 2.75) is 12.5 Å². The van der Waals surface area contributed by atoms with Gasteiger partial charge in [0, 0.05) is 31.5 Å². The van der Waals surface area contributed by atoms with Gasteiger partial charge in [-0.2, -0.15) is 0 Å². The van der Waals surface area contributed by atoms with Crippen LogP contribution in [0.1, 0.15) is 18.2 Å². The zero-order chi connectivity index (χ0) is 15.2. The Kier molecular flexibility index (Phi) is 4.72. The molecule has 2 aromatic rings. The van der Waals surface area contributed by atoms with Gasteiger partial charge in [-0.3, -0.25) is 14.9 Å². The number of rotatable bonds is 5. The zero-order valence-corrected chi connectivity index (χ0v) is 11.4. The van der Waals surface area contributed by atoms with Crippen LogP contribution >= 0.6 is 0 Å². The van der Waals surface area contributed by atoms with Crippen molar-refractivity contribution < 1.29 is 19.2 Å². The third kappa shape index (κ3) is 3.93. The second-order valence-electron chi connectivity index (χ2n) is 4.44. The Labute approximate surface area is 120 Å². The summed E-state index contributed by atoms with van der Waals surface area (Å²) in [5.41, 5.74) is 0.747. The summed E-state index contributed by atoms with van der Waals surface area (Å²) in [5.74, 6) is -1.46. The van der Waals surface area contributed by atoms with Crippen LogP contribution in [-0.4, -0.2) is 33.2 Å². The maximum atomic E-state index is 11.5. The van der Waals surface area contributed by atoms with Gasteiger partial charge in [-0.15, -0.1) is 0 Å². The maximum absolute atomic E-state index is 11.5. The highest BCUT2D eigenvalue weighted by atomic mass is 16.5. The SMILES string of the molecule is Cn1cccc1C(O)CCNC(=O)C(=O)Nc1ccon1. The molecule has 21 heavy (non-hydrogen) atoms. The number of amides is 2. The van der Waals surface area contributed by atoms with Gasteiger partial charge in [-0.05, 0) is 18.6 Å². The number of anilines is 1. The molecule has 0 aromatic carbocycles. The first-order chi connectivity index (χ1) is 10.1. The van der Waals surface area contributed by atoms with Crippen LogP contribution in [0.4, 0.5) is 5.82 Å². The van der Waals surface area contributed by atoms with Gasteiger partial charge < -0.3 is 19.5 Å². The van der Waals surface area contributed by atoms with Crippen molar-refractivity contribution >= 4 is 17.6 Å². The van der Waals surface area contributed by atoms with Crippen molar-refractivity contribution in [3.05, 3.63) is 36.4 Å². The number of aromatic nitrogens is 2. The van der Waals surface area contributed by atoms with Crippen LogP contribution in [-0.2, 0) is 16.6 Å². The summed E-state index contributed by atoms with van der Waals surface area (Å²) in [7, 11) is 1.82. The van der Waals surface area contributed by atoms with Crippen molar-refractivity contribution in [1.82, 2.24) is 15.0 Å². The lowest BCUT2D eigenvalue weighted by atomic mass is 10.2. The third-order valence-electron chi connectivity index (χ3n) is 2.91. The lowest BCUT2D eigenvalue weighted by Crippen LogP contribution is -2.36. The second-order valence-corrected chi connectivity index (χ2v) is 4.44. The van der Waals surface area contributed by atoms with E-state index in [9.17, 15) is 14.7 Å². The molecule has 3 N–H and O–H groups in total. The Morgan fingerprint density at radius 2 is 2.24 bits per heavy atom. The Morgan fingerprint density at radius 3 is 2.86 bits per heavy atom. The van der Waals surface area contributed by atoms with E-state index in [1.807, 2.05) is 19.3 Å². The molecule has 8 nitrogen and oxygen atoms in total. The summed E-state index contributed by atoms with van der Waals surface area (Å²) in [4.78, 5) is 23.0. The smallest absolute Gasteiger partial charge is 0.314 e. The van der Waals surface area contributed by atoms with Gasteiger partial charge in [0.05, 0.1) is 6.10 Å². The van der Waals surface area contributed by atoms with Crippen LogP contribution in [0.5, 0.6) is 0 Å². The predicted octanol–water partition coefficient (Wildman–Crippen LogP) is 0.191. The lowest BCUT2D eigenvalue weighted by Gasteiger charge is -2.12. The van der Waals surface area contributed by atoms with Crippen LogP contribution < -0.4 is 10.6 Å². The summed E-state index contributed by atoms with van der Waals surface area (Å²) >= 11 is 0. The molecule has 1 unspecified atom stereocenters. The molecular formula is C13H16N4O4. The molecule has 0 aliphatic heterocycles. The average molecular weight is 292 g/mol. The standard InChI is InChI=1S/C13H16N4O4/c1-17-7-2-3-9(17)10(18)4-6-14-12(19)13(20)15-11-5-8-21-16-11/h2-3,5,7-8,10,18H,4,6H2,1H3,(H,14,19)(H,15,16,20). The number of carbonyl (C=O) groups excluding carboxylic acids is 2. The molecule has 0 radical (unpaired) electrons. The molecule has 0 saturated carbocycles. The number of aliphatic hydroxyl groups excluding tert-OH is 1. The monoisotopic (exact) mass is 292 g/mol. The number of hydrogen-bond acceptors (Lipinski definition) is 5. The molecule has 8 heteroatoms. The Balaban J connectivity index is 1.74. The fraction of sp³-hybridized carbons (Fsp3) is 0.308. The van der Waals surface area contributed by atoms with E-state index in [0.29, 0.717) is 6.42 Å². The van der Waals surface area contributed by atoms with E-state index in [0.717, 1.165) is 5.69 Å². The summed E-state index contributed by atoms with van der Waals surface area (Å²) in [5, 5.41) is 18.1. The normalized spacial score (nSPS) is 11.9. The van der Waals surface area contributed by atoms with Crippen molar-refractivity contribution in [3.8, 4) is 0 Å². The highest BCUT2D eigenvalue weighted by Gasteiger charge is 2.16. The van der Waals surface area contributed by atoms with Crippen LogP contribution in [0.2, 0.25) is 0 Å². The van der Waals surface area contributed by atoms with E-state index in [1.54, 1.807) is 10.6 Å². The average Bonchev–Trinajstić information content (AvgIpc) is 3.09. The van der Waals surface area contributed by atoms with Gasteiger partial charge >= 0.3 is 11.8 Å². The molecule has 0 aliphatic rings. The Hall–Kier alpha value is -2.61. The summed E-state index contributed by atoms with van der Waals surface area (Å²) in [6.45, 7) is 0.178. The molecule has 2 amide bonds. The molecule has 2 aromatic heterocycles. The zero-order valence-electron chi connectivity index (χ0n) is 11.4. The Bertz CT molecular complexity index is 605. The molecule has 2 heterocycles. The fourth-order valence-corrected chi connectivity index (χ4v) is 1.82. The summed E-state index contributed by atoms with van der Waals surface area (Å²) in [6, 6.07) is 5.04. The largest absolute Gasteiger partial charge is 0.387 e. The summed E-state index contributed by atoms with van der Waals surface area (Å²) < 4.78 is 6.32. The van der Waals surface area contributed by atoms with Crippen molar-refractivity contribution in [3.63, 3.8) is 0 Å². The first-order valence-corrected chi connectivity index (χ1v) is 6.37. The van der Waals surface area contributed by atoms with Crippen molar-refractivity contribution in [1.29, 1.82) is 0 Å². The minimum Gasteiger partial charge on any atom is -0.387 e. The molecule has 0 fully saturated rings. The number of nitrogens with one attached hydrogen (secondary N) is 2. The summed E-state index contributed by atoms with van der Waals surface area (Å²) in [6.07, 6.45) is 2.71. The third-order valence-corrected chi connectivity index (χ3v) is 2.91. The molecule has 0 aliphatic carbocycles. The van der Waals surface area contributed by atoms with E-state index >= 15 is 0 Å². The maximum Gasteiger partial charge on any atom is 0.314 e. The van der Waals surface area contributed by atoms with Crippen LogP contribution in [0.3, 0.4) is 0 Å². The fourth-order valence-electron chi connectivity index (χ4n) is 1.82. The van der Waals surface area contributed by atoms with Gasteiger partial charge in [0.2, 0.25) is 0 Å². The molecule has 0 bridgehead atoms. The van der Waals surface area contributed by atoms with Crippen molar-refractivity contribution in [2.75, 3.05) is 11.9 Å². The highest BCUT2D eigenvalue weighted by molar-refractivity contribution is 6.39. The van der Waals surface area contributed by atoms with E-state index in [2.05, 4.69) is 20.3 Å². The molecule has 2 rings (SSSR count). The van der Waals surface area contributed by atoms with Gasteiger partial charge in [0.25, 0.3) is 0 Å². The number of carbonyl (C=O) groups is 2. The molecular weight excluding hydrogens is 276 g/mol. The number of hydrogen-bond donors (Lipinski definition) is 3. The topological polar surface area (TPSA) is 109 Å². The number of nitrogens with zero attached hydrogens (tertiary/aromatic N) is 2. The highest BCUT2D eigenvalue weighted by Crippen LogP contribution is 2.15.